The summed E-state index contributed by atoms with van der Waals surface area (Å²) in [6, 6.07) is 4.38. The minimum absolute atomic E-state index is 0.00794. The Labute approximate surface area is 123 Å². The number of ether oxygens (including phenoxy) is 1. The number of hydrogen-bond acceptors (Lipinski definition) is 4. The third-order valence-corrected chi connectivity index (χ3v) is 3.44. The summed E-state index contributed by atoms with van der Waals surface area (Å²) in [6.45, 7) is 5.24. The molecule has 1 unspecified atom stereocenters. The number of nitrogens with one attached hydrogen (secondary N) is 1. The topological polar surface area (TPSA) is 61.8 Å². The third-order valence-electron chi connectivity index (χ3n) is 3.44. The number of nitrogens with zero attached hydrogens (tertiary/aromatic N) is 1. The van der Waals surface area contributed by atoms with Gasteiger partial charge in [-0.3, -0.25) is 9.69 Å². The van der Waals surface area contributed by atoms with E-state index in [4.69, 9.17) is 4.74 Å². The highest BCUT2D eigenvalue weighted by atomic mass is 19.1. The lowest BCUT2D eigenvalue weighted by Gasteiger charge is -2.28. The van der Waals surface area contributed by atoms with Crippen molar-refractivity contribution in [1.29, 1.82) is 0 Å². The van der Waals surface area contributed by atoms with Crippen molar-refractivity contribution in [1.82, 2.24) is 10.2 Å². The molecule has 1 saturated heterocycles. The number of rotatable bonds is 5. The largest absolute Gasteiger partial charge is 0.390 e. The summed E-state index contributed by atoms with van der Waals surface area (Å²) in [7, 11) is 0. The van der Waals surface area contributed by atoms with Crippen LogP contribution in [-0.2, 0) is 4.74 Å². The summed E-state index contributed by atoms with van der Waals surface area (Å²) in [5.41, 5.74) is 0.823. The van der Waals surface area contributed by atoms with Crippen molar-refractivity contribution in [3.05, 3.63) is 35.1 Å². The quantitative estimate of drug-likeness (QED) is 0.833. The molecule has 0 saturated carbocycles. The highest BCUT2D eigenvalue weighted by Crippen LogP contribution is 2.09. The minimum Gasteiger partial charge on any atom is -0.390 e. The van der Waals surface area contributed by atoms with Gasteiger partial charge in [0.25, 0.3) is 5.91 Å². The number of aryl methyl sites for hydroxylation is 1. The van der Waals surface area contributed by atoms with E-state index in [9.17, 15) is 14.3 Å². The van der Waals surface area contributed by atoms with Crippen molar-refractivity contribution < 1.29 is 19.0 Å². The minimum atomic E-state index is -0.681. The van der Waals surface area contributed by atoms with E-state index in [1.54, 1.807) is 13.0 Å². The second kappa shape index (κ2) is 7.49. The van der Waals surface area contributed by atoms with Crippen molar-refractivity contribution in [2.24, 2.45) is 0 Å². The number of hydrogen-bond donors (Lipinski definition) is 2. The van der Waals surface area contributed by atoms with Crippen LogP contribution in [0.3, 0.4) is 0 Å². The number of morpholine rings is 1. The van der Waals surface area contributed by atoms with Gasteiger partial charge in [-0.2, -0.15) is 0 Å². The fraction of sp³-hybridized carbons (Fsp3) is 0.533. The molecular formula is C15H21FN2O3. The summed E-state index contributed by atoms with van der Waals surface area (Å²) < 4.78 is 18.8. The first-order chi connectivity index (χ1) is 10.1. The molecule has 5 nitrogen and oxygen atoms in total. The van der Waals surface area contributed by atoms with Crippen LogP contribution in [0.4, 0.5) is 4.39 Å². The van der Waals surface area contributed by atoms with Crippen molar-refractivity contribution in [3.63, 3.8) is 0 Å². The maximum atomic E-state index is 13.6. The Kier molecular flexibility index (Phi) is 5.67. The lowest BCUT2D eigenvalue weighted by atomic mass is 10.1. The number of carbonyl (C=O) groups excluding carboxylic acids is 1. The van der Waals surface area contributed by atoms with E-state index < -0.39 is 17.8 Å². The second-order valence-corrected chi connectivity index (χ2v) is 5.26. The predicted molar refractivity (Wildman–Crippen MR) is 76.7 cm³/mol. The Morgan fingerprint density at radius 1 is 1.48 bits per heavy atom. The van der Waals surface area contributed by atoms with E-state index in [1.165, 1.54) is 12.1 Å². The number of amides is 1. The third kappa shape index (κ3) is 4.77. The molecule has 1 atom stereocenters. The van der Waals surface area contributed by atoms with E-state index in [2.05, 4.69) is 10.2 Å². The molecule has 0 bridgehead atoms. The zero-order valence-electron chi connectivity index (χ0n) is 12.1. The molecule has 1 aromatic rings. The van der Waals surface area contributed by atoms with Gasteiger partial charge in [0, 0.05) is 26.2 Å². The molecule has 1 amide bonds. The number of aliphatic hydroxyl groups excluding tert-OH is 1. The van der Waals surface area contributed by atoms with E-state index in [0.29, 0.717) is 19.8 Å². The molecule has 2 rings (SSSR count). The Balaban J connectivity index is 1.81. The average molecular weight is 296 g/mol. The molecule has 1 aromatic carbocycles. The molecule has 6 heteroatoms. The summed E-state index contributed by atoms with van der Waals surface area (Å²) in [5.74, 6) is -1.06. The van der Waals surface area contributed by atoms with Gasteiger partial charge in [-0.05, 0) is 19.1 Å². The Hall–Kier alpha value is -1.50. The van der Waals surface area contributed by atoms with Gasteiger partial charge in [-0.25, -0.2) is 4.39 Å². The second-order valence-electron chi connectivity index (χ2n) is 5.26. The first-order valence-electron chi connectivity index (χ1n) is 7.09. The molecule has 2 N–H and O–H groups in total. The fourth-order valence-electron chi connectivity index (χ4n) is 2.27. The molecule has 21 heavy (non-hydrogen) atoms. The molecule has 0 aromatic heterocycles. The number of halogens is 1. The lowest BCUT2D eigenvalue weighted by molar-refractivity contribution is 0.0149. The Bertz CT molecular complexity index is 490. The molecule has 0 aliphatic carbocycles. The monoisotopic (exact) mass is 296 g/mol. The molecule has 116 valence electrons. The van der Waals surface area contributed by atoms with Gasteiger partial charge in [0.1, 0.15) is 5.82 Å². The number of carbonyl (C=O) groups is 1. The van der Waals surface area contributed by atoms with Crippen LogP contribution >= 0.6 is 0 Å². The smallest absolute Gasteiger partial charge is 0.254 e. The molecular weight excluding hydrogens is 275 g/mol. The van der Waals surface area contributed by atoms with Crippen LogP contribution in [-0.4, -0.2) is 61.4 Å². The highest BCUT2D eigenvalue weighted by molar-refractivity contribution is 5.94. The fourth-order valence-corrected chi connectivity index (χ4v) is 2.27. The van der Waals surface area contributed by atoms with Crippen molar-refractivity contribution in [2.75, 3.05) is 39.4 Å². The van der Waals surface area contributed by atoms with Crippen LogP contribution < -0.4 is 5.32 Å². The van der Waals surface area contributed by atoms with Crippen LogP contribution in [0.15, 0.2) is 18.2 Å². The molecule has 1 fully saturated rings. The number of β-amino-alcohol motifs (C(OH)–C–C–N with tert-alkyl or cyclic N) is 1. The normalized spacial score (nSPS) is 17.5. The van der Waals surface area contributed by atoms with Crippen LogP contribution in [0.2, 0.25) is 0 Å². The van der Waals surface area contributed by atoms with E-state index in [0.717, 1.165) is 18.7 Å². The summed E-state index contributed by atoms with van der Waals surface area (Å²) in [4.78, 5) is 14.0. The van der Waals surface area contributed by atoms with E-state index >= 15 is 0 Å². The van der Waals surface area contributed by atoms with Gasteiger partial charge >= 0.3 is 0 Å². The molecule has 1 aliphatic rings. The highest BCUT2D eigenvalue weighted by Gasteiger charge is 2.17. The van der Waals surface area contributed by atoms with Gasteiger partial charge < -0.3 is 15.2 Å². The van der Waals surface area contributed by atoms with Crippen molar-refractivity contribution in [3.8, 4) is 0 Å². The van der Waals surface area contributed by atoms with Crippen LogP contribution in [0.1, 0.15) is 15.9 Å². The SMILES string of the molecule is Cc1ccc(F)c(C(=O)NCC(O)CN2CCOCC2)c1. The van der Waals surface area contributed by atoms with Crippen LogP contribution in [0, 0.1) is 12.7 Å². The molecule has 1 aliphatic heterocycles. The summed E-state index contributed by atoms with van der Waals surface area (Å²) in [6.07, 6.45) is -0.681. The maximum Gasteiger partial charge on any atom is 0.254 e. The molecule has 0 radical (unpaired) electrons. The number of aliphatic hydroxyl groups is 1. The van der Waals surface area contributed by atoms with Crippen molar-refractivity contribution in [2.45, 2.75) is 13.0 Å². The molecule has 1 heterocycles. The zero-order chi connectivity index (χ0) is 15.2. The van der Waals surface area contributed by atoms with Gasteiger partial charge in [0.05, 0.1) is 24.9 Å². The summed E-state index contributed by atoms with van der Waals surface area (Å²) in [5, 5.41) is 12.5. The lowest BCUT2D eigenvalue weighted by Crippen LogP contribution is -2.44. The Morgan fingerprint density at radius 2 is 2.19 bits per heavy atom. The van der Waals surface area contributed by atoms with Crippen LogP contribution in [0.5, 0.6) is 0 Å². The molecule has 0 spiro atoms. The first-order valence-corrected chi connectivity index (χ1v) is 7.09. The van der Waals surface area contributed by atoms with Gasteiger partial charge in [-0.15, -0.1) is 0 Å². The van der Waals surface area contributed by atoms with Crippen LogP contribution in [0.25, 0.3) is 0 Å². The maximum absolute atomic E-state index is 13.6. The van der Waals surface area contributed by atoms with Gasteiger partial charge in [-0.1, -0.05) is 11.6 Å². The van der Waals surface area contributed by atoms with E-state index in [-0.39, 0.29) is 12.1 Å². The van der Waals surface area contributed by atoms with Gasteiger partial charge in [0.2, 0.25) is 0 Å². The first kappa shape index (κ1) is 15.9. The van der Waals surface area contributed by atoms with Crippen molar-refractivity contribution >= 4 is 5.91 Å². The Morgan fingerprint density at radius 3 is 2.90 bits per heavy atom. The predicted octanol–water partition coefficient (Wildman–Crippen LogP) is 0.557. The average Bonchev–Trinajstić information content (AvgIpc) is 2.48. The standard InChI is InChI=1S/C15H21FN2O3/c1-11-2-3-14(16)13(8-11)15(20)17-9-12(19)10-18-4-6-21-7-5-18/h2-3,8,12,19H,4-7,9-10H2,1H3,(H,17,20). The summed E-state index contributed by atoms with van der Waals surface area (Å²) >= 11 is 0. The number of benzene rings is 1. The zero-order valence-corrected chi connectivity index (χ0v) is 12.1. The van der Waals surface area contributed by atoms with Gasteiger partial charge in [0.15, 0.2) is 0 Å². The van der Waals surface area contributed by atoms with E-state index in [1.807, 2.05) is 0 Å².